The van der Waals surface area contributed by atoms with Crippen LogP contribution >= 0.6 is 22.7 Å². The zero-order valence-corrected chi connectivity index (χ0v) is 16.2. The van der Waals surface area contributed by atoms with E-state index < -0.39 is 0 Å². The van der Waals surface area contributed by atoms with Gasteiger partial charge in [0, 0.05) is 17.5 Å². The number of carbonyl (C=O) groups excluding carboxylic acids is 1. The molecule has 0 bridgehead atoms. The van der Waals surface area contributed by atoms with E-state index in [1.165, 1.54) is 28.3 Å². The van der Waals surface area contributed by atoms with Gasteiger partial charge < -0.3 is 10.6 Å². The van der Waals surface area contributed by atoms with Crippen molar-refractivity contribution in [2.75, 3.05) is 13.1 Å². The molecule has 2 heterocycles. The average molecular weight is 387 g/mol. The van der Waals surface area contributed by atoms with Crippen LogP contribution in [0, 0.1) is 0 Å². The number of benzene rings is 1. The number of nitrogens with zero attached hydrogens (tertiary/aromatic N) is 2. The summed E-state index contributed by atoms with van der Waals surface area (Å²) in [6.07, 6.45) is 5.41. The van der Waals surface area contributed by atoms with E-state index in [0.717, 1.165) is 42.4 Å². The van der Waals surface area contributed by atoms with Crippen LogP contribution in [0.25, 0.3) is 10.2 Å². The number of rotatable bonds is 7. The molecule has 1 atom stereocenters. The molecule has 0 radical (unpaired) electrons. The summed E-state index contributed by atoms with van der Waals surface area (Å²) < 4.78 is 1.05. The SMILES string of the molecule is O=C(NCCCCNC1CCc2ncsc2C1)c1nc2ccccc2s1. The van der Waals surface area contributed by atoms with Gasteiger partial charge in [-0.2, -0.15) is 0 Å². The highest BCUT2D eigenvalue weighted by atomic mass is 32.1. The molecule has 1 aliphatic carbocycles. The summed E-state index contributed by atoms with van der Waals surface area (Å²) in [6.45, 7) is 1.69. The van der Waals surface area contributed by atoms with E-state index in [9.17, 15) is 4.79 Å². The zero-order valence-electron chi connectivity index (χ0n) is 14.5. The van der Waals surface area contributed by atoms with Crippen LogP contribution in [0.15, 0.2) is 29.8 Å². The van der Waals surface area contributed by atoms with Gasteiger partial charge in [0.2, 0.25) is 0 Å². The molecule has 4 rings (SSSR count). The van der Waals surface area contributed by atoms with Crippen LogP contribution in [0.5, 0.6) is 0 Å². The monoisotopic (exact) mass is 386 g/mol. The summed E-state index contributed by atoms with van der Waals surface area (Å²) in [5.41, 5.74) is 4.15. The Bertz CT molecular complexity index is 855. The van der Waals surface area contributed by atoms with E-state index in [0.29, 0.717) is 17.6 Å². The minimum atomic E-state index is -0.0656. The van der Waals surface area contributed by atoms with Crippen LogP contribution in [0.2, 0.25) is 0 Å². The lowest BCUT2D eigenvalue weighted by molar-refractivity contribution is 0.0953. The maximum Gasteiger partial charge on any atom is 0.280 e. The van der Waals surface area contributed by atoms with Crippen molar-refractivity contribution >= 4 is 38.8 Å². The highest BCUT2D eigenvalue weighted by Gasteiger charge is 2.19. The first-order valence-corrected chi connectivity index (χ1v) is 10.8. The number of amides is 1. The Hall–Kier alpha value is -1.83. The second-order valence-electron chi connectivity index (χ2n) is 6.57. The van der Waals surface area contributed by atoms with Gasteiger partial charge in [0.05, 0.1) is 21.4 Å². The van der Waals surface area contributed by atoms with Crippen LogP contribution < -0.4 is 10.6 Å². The fourth-order valence-corrected chi connectivity index (χ4v) is 5.06. The standard InChI is InChI=1S/C19H22N4OS2/c24-18(19-23-15-5-1-2-6-16(15)26-19)21-10-4-3-9-20-13-7-8-14-17(11-13)25-12-22-14/h1-2,5-6,12-13,20H,3-4,7-11H2,(H,21,24). The van der Waals surface area contributed by atoms with Crippen molar-refractivity contribution in [3.8, 4) is 0 Å². The van der Waals surface area contributed by atoms with Crippen LogP contribution in [0.1, 0.15) is 39.6 Å². The smallest absolute Gasteiger partial charge is 0.280 e. The molecule has 0 fully saturated rings. The molecule has 0 saturated carbocycles. The third-order valence-electron chi connectivity index (χ3n) is 4.70. The predicted octanol–water partition coefficient (Wildman–Crippen LogP) is 3.41. The number of aryl methyl sites for hydroxylation is 1. The zero-order chi connectivity index (χ0) is 17.8. The van der Waals surface area contributed by atoms with Crippen molar-refractivity contribution in [3.63, 3.8) is 0 Å². The molecule has 1 amide bonds. The number of para-hydroxylation sites is 1. The fraction of sp³-hybridized carbons (Fsp3) is 0.421. The van der Waals surface area contributed by atoms with Crippen LogP contribution in [0.3, 0.4) is 0 Å². The lowest BCUT2D eigenvalue weighted by Gasteiger charge is -2.22. The van der Waals surface area contributed by atoms with E-state index in [-0.39, 0.29) is 5.91 Å². The Morgan fingerprint density at radius 3 is 3.04 bits per heavy atom. The van der Waals surface area contributed by atoms with Gasteiger partial charge in [-0.05, 0) is 50.8 Å². The summed E-state index contributed by atoms with van der Waals surface area (Å²) in [7, 11) is 0. The molecule has 0 saturated heterocycles. The highest BCUT2D eigenvalue weighted by Crippen LogP contribution is 2.24. The van der Waals surface area contributed by atoms with Gasteiger partial charge in [0.25, 0.3) is 5.91 Å². The van der Waals surface area contributed by atoms with E-state index in [1.54, 1.807) is 11.3 Å². The first-order chi connectivity index (χ1) is 12.8. The van der Waals surface area contributed by atoms with Crippen molar-refractivity contribution < 1.29 is 4.79 Å². The molecule has 1 aliphatic rings. The molecular formula is C19H22N4OS2. The first-order valence-electron chi connectivity index (χ1n) is 9.08. The summed E-state index contributed by atoms with van der Waals surface area (Å²) in [5, 5.41) is 7.18. The van der Waals surface area contributed by atoms with Crippen molar-refractivity contribution in [1.82, 2.24) is 20.6 Å². The van der Waals surface area contributed by atoms with E-state index in [1.807, 2.05) is 29.8 Å². The number of unbranched alkanes of at least 4 members (excludes halogenated alkanes) is 1. The van der Waals surface area contributed by atoms with Gasteiger partial charge in [-0.1, -0.05) is 12.1 Å². The maximum absolute atomic E-state index is 12.2. The molecule has 1 unspecified atom stereocenters. The minimum Gasteiger partial charge on any atom is -0.350 e. The van der Waals surface area contributed by atoms with Gasteiger partial charge in [-0.25, -0.2) is 9.97 Å². The summed E-state index contributed by atoms with van der Waals surface area (Å²) >= 11 is 3.22. The van der Waals surface area contributed by atoms with E-state index >= 15 is 0 Å². The summed E-state index contributed by atoms with van der Waals surface area (Å²) in [5.74, 6) is -0.0656. The molecule has 2 N–H and O–H groups in total. The number of fused-ring (bicyclic) bond motifs is 2. The Labute approximate surface area is 160 Å². The molecular weight excluding hydrogens is 364 g/mol. The molecule has 5 nitrogen and oxygen atoms in total. The maximum atomic E-state index is 12.2. The lowest BCUT2D eigenvalue weighted by atomic mass is 9.97. The number of hydrogen-bond donors (Lipinski definition) is 2. The summed E-state index contributed by atoms with van der Waals surface area (Å²) in [6, 6.07) is 8.42. The van der Waals surface area contributed by atoms with Crippen molar-refractivity contribution in [2.24, 2.45) is 0 Å². The largest absolute Gasteiger partial charge is 0.350 e. The van der Waals surface area contributed by atoms with Gasteiger partial charge in [-0.3, -0.25) is 4.79 Å². The second kappa shape index (κ2) is 8.24. The van der Waals surface area contributed by atoms with Gasteiger partial charge in [-0.15, -0.1) is 22.7 Å². The van der Waals surface area contributed by atoms with Crippen LogP contribution in [-0.2, 0) is 12.8 Å². The Balaban J connectivity index is 1.14. The third-order valence-corrected chi connectivity index (χ3v) is 6.63. The Kier molecular flexibility index (Phi) is 5.57. The summed E-state index contributed by atoms with van der Waals surface area (Å²) in [4.78, 5) is 22.5. The van der Waals surface area contributed by atoms with Gasteiger partial charge in [0.15, 0.2) is 5.01 Å². The lowest BCUT2D eigenvalue weighted by Crippen LogP contribution is -2.35. The molecule has 2 aromatic heterocycles. The molecule has 7 heteroatoms. The molecule has 1 aromatic carbocycles. The molecule has 3 aromatic rings. The van der Waals surface area contributed by atoms with Crippen molar-refractivity contribution in [2.45, 2.75) is 38.1 Å². The van der Waals surface area contributed by atoms with Crippen molar-refractivity contribution in [1.29, 1.82) is 0 Å². The topological polar surface area (TPSA) is 66.9 Å². The number of hydrogen-bond acceptors (Lipinski definition) is 6. The Morgan fingerprint density at radius 2 is 2.12 bits per heavy atom. The average Bonchev–Trinajstić information content (AvgIpc) is 3.30. The molecule has 26 heavy (non-hydrogen) atoms. The van der Waals surface area contributed by atoms with Crippen molar-refractivity contribution in [3.05, 3.63) is 45.4 Å². The normalized spacial score (nSPS) is 16.5. The first kappa shape index (κ1) is 17.6. The predicted molar refractivity (Wildman–Crippen MR) is 107 cm³/mol. The fourth-order valence-electron chi connectivity index (χ4n) is 3.28. The van der Waals surface area contributed by atoms with Gasteiger partial charge in [0.1, 0.15) is 0 Å². The molecule has 0 spiro atoms. The highest BCUT2D eigenvalue weighted by molar-refractivity contribution is 7.20. The van der Waals surface area contributed by atoms with Crippen LogP contribution in [-0.4, -0.2) is 35.0 Å². The molecule has 0 aliphatic heterocycles. The quantitative estimate of drug-likeness (QED) is 0.611. The third kappa shape index (κ3) is 4.11. The number of nitrogens with one attached hydrogen (secondary N) is 2. The minimum absolute atomic E-state index is 0.0656. The van der Waals surface area contributed by atoms with Gasteiger partial charge >= 0.3 is 0 Å². The Morgan fingerprint density at radius 1 is 1.23 bits per heavy atom. The number of carbonyl (C=O) groups is 1. The molecule has 136 valence electrons. The van der Waals surface area contributed by atoms with E-state index in [2.05, 4.69) is 20.6 Å². The number of thiazole rings is 2. The number of aromatic nitrogens is 2. The van der Waals surface area contributed by atoms with E-state index in [4.69, 9.17) is 0 Å². The second-order valence-corrected chi connectivity index (χ2v) is 8.54. The van der Waals surface area contributed by atoms with Crippen LogP contribution in [0.4, 0.5) is 0 Å².